The van der Waals surface area contributed by atoms with Gasteiger partial charge in [0.25, 0.3) is 5.91 Å². The summed E-state index contributed by atoms with van der Waals surface area (Å²) in [6.45, 7) is 0.886. The molecule has 0 aliphatic carbocycles. The SMILES string of the molecule is CC(=O)c1ccc(NC(=O)COC(=O)c2ccc(Br)cc2F)cc1. The lowest BCUT2D eigenvalue weighted by atomic mass is 10.1. The van der Waals surface area contributed by atoms with Crippen LogP contribution in [0.15, 0.2) is 46.9 Å². The molecule has 0 aliphatic heterocycles. The zero-order chi connectivity index (χ0) is 17.7. The van der Waals surface area contributed by atoms with Crippen LogP contribution in [0.5, 0.6) is 0 Å². The van der Waals surface area contributed by atoms with E-state index in [1.165, 1.54) is 19.1 Å². The molecule has 0 unspecified atom stereocenters. The Morgan fingerprint density at radius 1 is 1.12 bits per heavy atom. The quantitative estimate of drug-likeness (QED) is 0.622. The van der Waals surface area contributed by atoms with E-state index in [1.54, 1.807) is 24.3 Å². The maximum Gasteiger partial charge on any atom is 0.341 e. The highest BCUT2D eigenvalue weighted by atomic mass is 79.9. The zero-order valence-electron chi connectivity index (χ0n) is 12.6. The molecule has 24 heavy (non-hydrogen) atoms. The number of ether oxygens (including phenoxy) is 1. The van der Waals surface area contributed by atoms with Crippen molar-refractivity contribution in [3.8, 4) is 0 Å². The summed E-state index contributed by atoms with van der Waals surface area (Å²) in [6, 6.07) is 10.2. The van der Waals surface area contributed by atoms with Crippen molar-refractivity contribution in [2.45, 2.75) is 6.92 Å². The first kappa shape index (κ1) is 17.8. The maximum atomic E-state index is 13.6. The predicted molar refractivity (Wildman–Crippen MR) is 89.5 cm³/mol. The number of esters is 1. The highest BCUT2D eigenvalue weighted by Gasteiger charge is 2.15. The molecule has 0 bridgehead atoms. The standard InChI is InChI=1S/C17H13BrFNO4/c1-10(21)11-2-5-13(6-3-11)20-16(22)9-24-17(23)14-7-4-12(18)8-15(14)19/h2-8H,9H2,1H3,(H,20,22). The van der Waals surface area contributed by atoms with Gasteiger partial charge in [-0.15, -0.1) is 0 Å². The van der Waals surface area contributed by atoms with E-state index >= 15 is 0 Å². The summed E-state index contributed by atoms with van der Waals surface area (Å²) < 4.78 is 18.9. The van der Waals surface area contributed by atoms with E-state index in [9.17, 15) is 18.8 Å². The third kappa shape index (κ3) is 4.73. The summed E-state index contributed by atoms with van der Waals surface area (Å²) in [5.74, 6) is -2.33. The highest BCUT2D eigenvalue weighted by molar-refractivity contribution is 9.10. The number of carbonyl (C=O) groups is 3. The molecule has 0 saturated heterocycles. The molecule has 0 aliphatic rings. The van der Waals surface area contributed by atoms with Crippen LogP contribution in [0.25, 0.3) is 0 Å². The first-order valence-corrected chi connectivity index (χ1v) is 7.69. The minimum absolute atomic E-state index is 0.0849. The smallest absolute Gasteiger partial charge is 0.341 e. The Kier molecular flexibility index (Phi) is 5.81. The highest BCUT2D eigenvalue weighted by Crippen LogP contribution is 2.16. The second-order valence-corrected chi connectivity index (χ2v) is 5.80. The van der Waals surface area contributed by atoms with Crippen LogP contribution >= 0.6 is 15.9 Å². The lowest BCUT2D eigenvalue weighted by Crippen LogP contribution is -2.21. The minimum Gasteiger partial charge on any atom is -0.452 e. The number of nitrogens with one attached hydrogen (secondary N) is 1. The average Bonchev–Trinajstić information content (AvgIpc) is 2.53. The Bertz CT molecular complexity index is 790. The lowest BCUT2D eigenvalue weighted by Gasteiger charge is -2.07. The van der Waals surface area contributed by atoms with Crippen LogP contribution in [-0.4, -0.2) is 24.3 Å². The van der Waals surface area contributed by atoms with Gasteiger partial charge in [-0.3, -0.25) is 9.59 Å². The van der Waals surface area contributed by atoms with Gasteiger partial charge in [0.1, 0.15) is 5.82 Å². The first-order chi connectivity index (χ1) is 11.4. The van der Waals surface area contributed by atoms with E-state index in [2.05, 4.69) is 21.2 Å². The van der Waals surface area contributed by atoms with Gasteiger partial charge in [0.05, 0.1) is 5.56 Å². The molecule has 1 N–H and O–H groups in total. The van der Waals surface area contributed by atoms with E-state index < -0.39 is 24.3 Å². The number of carbonyl (C=O) groups excluding carboxylic acids is 3. The maximum absolute atomic E-state index is 13.6. The molecule has 124 valence electrons. The molecule has 0 radical (unpaired) electrons. The number of ketones is 1. The van der Waals surface area contributed by atoms with Crippen molar-refractivity contribution in [1.82, 2.24) is 0 Å². The molecule has 0 fully saturated rings. The normalized spacial score (nSPS) is 10.1. The topological polar surface area (TPSA) is 72.5 Å². The fraction of sp³-hybridized carbons (Fsp3) is 0.118. The Balaban J connectivity index is 1.90. The first-order valence-electron chi connectivity index (χ1n) is 6.90. The van der Waals surface area contributed by atoms with Crippen LogP contribution in [0.2, 0.25) is 0 Å². The van der Waals surface area contributed by atoms with E-state index in [0.29, 0.717) is 15.7 Å². The van der Waals surface area contributed by atoms with Gasteiger partial charge in [0.15, 0.2) is 12.4 Å². The molecule has 7 heteroatoms. The number of hydrogen-bond acceptors (Lipinski definition) is 4. The van der Waals surface area contributed by atoms with Crippen molar-refractivity contribution < 1.29 is 23.5 Å². The molecule has 5 nitrogen and oxygen atoms in total. The second-order valence-electron chi connectivity index (χ2n) is 4.88. The van der Waals surface area contributed by atoms with E-state index in [0.717, 1.165) is 6.07 Å². The summed E-state index contributed by atoms with van der Waals surface area (Å²) in [6.07, 6.45) is 0. The van der Waals surface area contributed by atoms with Gasteiger partial charge in [0.2, 0.25) is 0 Å². The molecule has 2 rings (SSSR count). The van der Waals surface area contributed by atoms with E-state index in [4.69, 9.17) is 4.74 Å². The third-order valence-electron chi connectivity index (χ3n) is 3.06. The van der Waals surface area contributed by atoms with Gasteiger partial charge >= 0.3 is 5.97 Å². The Labute approximate surface area is 145 Å². The molecular weight excluding hydrogens is 381 g/mol. The molecule has 2 aromatic rings. The summed E-state index contributed by atoms with van der Waals surface area (Å²) in [4.78, 5) is 34.7. The fourth-order valence-corrected chi connectivity index (χ4v) is 2.18. The van der Waals surface area contributed by atoms with Crippen LogP contribution in [0.3, 0.4) is 0 Å². The molecular formula is C17H13BrFNO4. The summed E-state index contributed by atoms with van der Waals surface area (Å²) in [5.41, 5.74) is 0.720. The number of anilines is 1. The van der Waals surface area contributed by atoms with Gasteiger partial charge in [-0.25, -0.2) is 9.18 Å². The van der Waals surface area contributed by atoms with Gasteiger partial charge in [-0.1, -0.05) is 15.9 Å². The molecule has 0 saturated carbocycles. The van der Waals surface area contributed by atoms with Gasteiger partial charge in [-0.05, 0) is 49.4 Å². The Hall–Kier alpha value is -2.54. The van der Waals surface area contributed by atoms with Gasteiger partial charge in [-0.2, -0.15) is 0 Å². The minimum atomic E-state index is -0.929. The number of Topliss-reactive ketones (excluding diaryl/α,β-unsaturated/α-hetero) is 1. The van der Waals surface area contributed by atoms with Gasteiger partial charge in [0, 0.05) is 15.7 Å². The van der Waals surface area contributed by atoms with Crippen molar-refractivity contribution in [3.05, 3.63) is 63.9 Å². The predicted octanol–water partition coefficient (Wildman–Crippen LogP) is 3.59. The van der Waals surface area contributed by atoms with Crippen molar-refractivity contribution >= 4 is 39.3 Å². The Morgan fingerprint density at radius 3 is 2.38 bits per heavy atom. The van der Waals surface area contributed by atoms with Crippen molar-refractivity contribution in [3.63, 3.8) is 0 Å². The molecule has 0 atom stereocenters. The number of amides is 1. The van der Waals surface area contributed by atoms with E-state index in [1.807, 2.05) is 0 Å². The largest absolute Gasteiger partial charge is 0.452 e. The van der Waals surface area contributed by atoms with Crippen LogP contribution < -0.4 is 5.32 Å². The van der Waals surface area contributed by atoms with Crippen molar-refractivity contribution in [2.75, 3.05) is 11.9 Å². The molecule has 0 heterocycles. The second kappa shape index (κ2) is 7.83. The number of rotatable bonds is 5. The number of benzene rings is 2. The third-order valence-corrected chi connectivity index (χ3v) is 3.55. The lowest BCUT2D eigenvalue weighted by molar-refractivity contribution is -0.119. The van der Waals surface area contributed by atoms with E-state index in [-0.39, 0.29) is 11.3 Å². The summed E-state index contributed by atoms with van der Waals surface area (Å²) >= 11 is 3.08. The molecule has 0 spiro atoms. The molecule has 2 aromatic carbocycles. The number of halogens is 2. The molecule has 0 aromatic heterocycles. The summed E-state index contributed by atoms with van der Waals surface area (Å²) in [5, 5.41) is 2.51. The van der Waals surface area contributed by atoms with Crippen molar-refractivity contribution in [2.24, 2.45) is 0 Å². The zero-order valence-corrected chi connectivity index (χ0v) is 14.2. The Morgan fingerprint density at radius 2 is 1.79 bits per heavy atom. The van der Waals surface area contributed by atoms with Crippen molar-refractivity contribution in [1.29, 1.82) is 0 Å². The van der Waals surface area contributed by atoms with Gasteiger partial charge < -0.3 is 10.1 Å². The van der Waals surface area contributed by atoms with Crippen LogP contribution in [-0.2, 0) is 9.53 Å². The number of hydrogen-bond donors (Lipinski definition) is 1. The van der Waals surface area contributed by atoms with Crippen LogP contribution in [0.1, 0.15) is 27.6 Å². The van der Waals surface area contributed by atoms with Crippen LogP contribution in [0, 0.1) is 5.82 Å². The average molecular weight is 394 g/mol. The summed E-state index contributed by atoms with van der Waals surface area (Å²) in [7, 11) is 0. The fourth-order valence-electron chi connectivity index (χ4n) is 1.85. The molecule has 1 amide bonds. The monoisotopic (exact) mass is 393 g/mol. The van der Waals surface area contributed by atoms with Crippen LogP contribution in [0.4, 0.5) is 10.1 Å².